The van der Waals surface area contributed by atoms with Gasteiger partial charge in [0.1, 0.15) is 11.4 Å². The fraction of sp³-hybridized carbons (Fsp3) is 0.148. The van der Waals surface area contributed by atoms with E-state index in [0.717, 1.165) is 27.9 Å². The molecule has 0 saturated heterocycles. The number of carbonyl (C=O) groups excluding carboxylic acids is 2. The molecule has 3 N–H and O–H groups in total. The first kappa shape index (κ1) is 26.0. The van der Waals surface area contributed by atoms with E-state index in [1.165, 1.54) is 6.21 Å². The number of anilines is 1. The van der Waals surface area contributed by atoms with Crippen molar-refractivity contribution in [1.29, 1.82) is 0 Å². The summed E-state index contributed by atoms with van der Waals surface area (Å²) in [6, 6.07) is 21.4. The molecule has 0 atom stereocenters. The van der Waals surface area contributed by atoms with Crippen LogP contribution in [0.3, 0.4) is 0 Å². The molecule has 180 valence electrons. The van der Waals surface area contributed by atoms with Crippen LogP contribution in [0.1, 0.15) is 35.3 Å². The zero-order chi connectivity index (χ0) is 25.2. The van der Waals surface area contributed by atoms with Crippen molar-refractivity contribution in [2.24, 2.45) is 5.10 Å². The number of amides is 2. The number of nitrogens with zero attached hydrogens (tertiary/aromatic N) is 2. The lowest BCUT2D eigenvalue weighted by molar-refractivity contribution is -0.117. The predicted molar refractivity (Wildman–Crippen MR) is 148 cm³/mol. The highest BCUT2D eigenvalue weighted by molar-refractivity contribution is 14.1. The summed E-state index contributed by atoms with van der Waals surface area (Å²) in [6.07, 6.45) is 2.95. The summed E-state index contributed by atoms with van der Waals surface area (Å²) >= 11 is 2.12. The second-order valence-electron chi connectivity index (χ2n) is 7.54. The first-order valence-corrected chi connectivity index (χ1v) is 12.2. The second-order valence-corrected chi connectivity index (χ2v) is 8.79. The zero-order valence-corrected chi connectivity index (χ0v) is 21.7. The minimum atomic E-state index is -0.594. The van der Waals surface area contributed by atoms with E-state index in [1.54, 1.807) is 48.5 Å². The van der Waals surface area contributed by atoms with Gasteiger partial charge in [0.15, 0.2) is 0 Å². The van der Waals surface area contributed by atoms with E-state index in [0.29, 0.717) is 11.1 Å². The van der Waals surface area contributed by atoms with Crippen LogP contribution in [0.5, 0.6) is 5.75 Å². The lowest BCUT2D eigenvalue weighted by Gasteiger charge is -2.20. The van der Waals surface area contributed by atoms with E-state index in [2.05, 4.69) is 57.2 Å². The van der Waals surface area contributed by atoms with Gasteiger partial charge >= 0.3 is 0 Å². The first-order chi connectivity index (χ1) is 16.9. The van der Waals surface area contributed by atoms with Crippen molar-refractivity contribution >= 4 is 52.4 Å². The summed E-state index contributed by atoms with van der Waals surface area (Å²) in [5.74, 6) is -0.959. The third-order valence-electron chi connectivity index (χ3n) is 5.22. The Morgan fingerprint density at radius 1 is 1.00 bits per heavy atom. The summed E-state index contributed by atoms with van der Waals surface area (Å²) < 4.78 is 0.914. The average Bonchev–Trinajstić information content (AvgIpc) is 2.87. The molecule has 2 amide bonds. The maximum absolute atomic E-state index is 12.9. The molecule has 0 aromatic heterocycles. The number of hydrazone groups is 1. The van der Waals surface area contributed by atoms with Gasteiger partial charge in [0, 0.05) is 33.5 Å². The van der Waals surface area contributed by atoms with Gasteiger partial charge in [-0.25, -0.2) is 5.43 Å². The number of nitrogens with one attached hydrogen (secondary N) is 2. The Labute approximate surface area is 218 Å². The number of benzene rings is 3. The molecule has 0 fully saturated rings. The average molecular weight is 582 g/mol. The first-order valence-electron chi connectivity index (χ1n) is 11.2. The van der Waals surface area contributed by atoms with Crippen LogP contribution in [0, 0.1) is 3.57 Å². The quantitative estimate of drug-likeness (QED) is 0.147. The van der Waals surface area contributed by atoms with Crippen molar-refractivity contribution in [2.75, 3.05) is 18.0 Å². The maximum atomic E-state index is 12.9. The molecule has 0 unspecified atom stereocenters. The Hall–Kier alpha value is -3.66. The topological polar surface area (TPSA) is 94.0 Å². The minimum absolute atomic E-state index is 0.0402. The molecule has 0 aliphatic rings. The van der Waals surface area contributed by atoms with Gasteiger partial charge in [-0.1, -0.05) is 30.3 Å². The molecule has 0 bridgehead atoms. The molecule has 8 heteroatoms. The summed E-state index contributed by atoms with van der Waals surface area (Å²) in [4.78, 5) is 27.9. The Balaban J connectivity index is 1.84. The Kier molecular flexibility index (Phi) is 9.42. The predicted octanol–water partition coefficient (Wildman–Crippen LogP) is 4.76. The van der Waals surface area contributed by atoms with Crippen LogP contribution in [0.2, 0.25) is 0 Å². The van der Waals surface area contributed by atoms with Crippen molar-refractivity contribution in [1.82, 2.24) is 10.7 Å². The standard InChI is InChI=1S/C27H27IN4O3/c1-3-32(4-2)23-13-10-19(11-14-23)16-24(30-26(34)20-8-6-5-7-9-20)27(35)31-29-18-21-17-22(28)12-15-25(21)33/h5-18,33H,3-4H2,1-2H3,(H,30,34)(H,31,35). The number of rotatable bonds is 9. The zero-order valence-electron chi connectivity index (χ0n) is 19.5. The number of halogens is 1. The summed E-state index contributed by atoms with van der Waals surface area (Å²) in [5, 5.41) is 16.6. The van der Waals surface area contributed by atoms with Gasteiger partial charge in [-0.2, -0.15) is 5.10 Å². The van der Waals surface area contributed by atoms with Crippen LogP contribution in [0.4, 0.5) is 5.69 Å². The second kappa shape index (κ2) is 12.7. The van der Waals surface area contributed by atoms with Crippen LogP contribution in [-0.2, 0) is 4.79 Å². The van der Waals surface area contributed by atoms with Gasteiger partial charge in [0.25, 0.3) is 11.8 Å². The highest BCUT2D eigenvalue weighted by Crippen LogP contribution is 2.18. The van der Waals surface area contributed by atoms with E-state index in [9.17, 15) is 14.7 Å². The maximum Gasteiger partial charge on any atom is 0.287 e. The third-order valence-corrected chi connectivity index (χ3v) is 5.89. The van der Waals surface area contributed by atoms with Crippen LogP contribution in [-0.4, -0.2) is 36.2 Å². The van der Waals surface area contributed by atoms with Gasteiger partial charge in [0.2, 0.25) is 0 Å². The highest BCUT2D eigenvalue weighted by atomic mass is 127. The van der Waals surface area contributed by atoms with Crippen molar-refractivity contribution in [3.8, 4) is 5.75 Å². The summed E-state index contributed by atoms with van der Waals surface area (Å²) in [7, 11) is 0. The van der Waals surface area contributed by atoms with Crippen molar-refractivity contribution in [3.05, 3.63) is 98.8 Å². The van der Waals surface area contributed by atoms with Crippen molar-refractivity contribution in [3.63, 3.8) is 0 Å². The number of aromatic hydroxyl groups is 1. The van der Waals surface area contributed by atoms with Gasteiger partial charge in [0.05, 0.1) is 6.21 Å². The number of carbonyl (C=O) groups is 2. The molecule has 7 nitrogen and oxygen atoms in total. The number of phenolic OH excluding ortho intramolecular Hbond substituents is 1. The van der Waals surface area contributed by atoms with Gasteiger partial charge < -0.3 is 15.3 Å². The minimum Gasteiger partial charge on any atom is -0.507 e. The molecule has 0 aliphatic heterocycles. The van der Waals surface area contributed by atoms with Gasteiger partial charge in [-0.05, 0) is 90.5 Å². The van der Waals surface area contributed by atoms with E-state index in [-0.39, 0.29) is 11.4 Å². The molecule has 0 saturated carbocycles. The van der Waals surface area contributed by atoms with E-state index >= 15 is 0 Å². The van der Waals surface area contributed by atoms with E-state index < -0.39 is 11.8 Å². The monoisotopic (exact) mass is 582 g/mol. The molecule has 35 heavy (non-hydrogen) atoms. The van der Waals surface area contributed by atoms with E-state index in [4.69, 9.17) is 0 Å². The molecule has 3 rings (SSSR count). The molecular weight excluding hydrogens is 555 g/mol. The Bertz CT molecular complexity index is 1220. The smallest absolute Gasteiger partial charge is 0.287 e. The fourth-order valence-corrected chi connectivity index (χ4v) is 3.84. The number of hydrogen-bond donors (Lipinski definition) is 3. The van der Waals surface area contributed by atoms with Crippen molar-refractivity contribution in [2.45, 2.75) is 13.8 Å². The van der Waals surface area contributed by atoms with Crippen LogP contribution in [0.25, 0.3) is 6.08 Å². The number of phenols is 1. The number of hydrogen-bond acceptors (Lipinski definition) is 5. The van der Waals surface area contributed by atoms with Crippen LogP contribution >= 0.6 is 22.6 Å². The van der Waals surface area contributed by atoms with Crippen LogP contribution in [0.15, 0.2) is 83.6 Å². The molecule has 0 aliphatic carbocycles. The Morgan fingerprint density at radius 3 is 2.34 bits per heavy atom. The summed E-state index contributed by atoms with van der Waals surface area (Å²) in [6.45, 7) is 5.96. The van der Waals surface area contributed by atoms with E-state index in [1.807, 2.05) is 30.3 Å². The van der Waals surface area contributed by atoms with Crippen molar-refractivity contribution < 1.29 is 14.7 Å². The third kappa shape index (κ3) is 7.41. The van der Waals surface area contributed by atoms with Gasteiger partial charge in [-0.15, -0.1) is 0 Å². The fourth-order valence-electron chi connectivity index (χ4n) is 3.33. The normalized spacial score (nSPS) is 11.3. The van der Waals surface area contributed by atoms with Crippen LogP contribution < -0.4 is 15.6 Å². The molecular formula is C27H27IN4O3. The largest absolute Gasteiger partial charge is 0.507 e. The van der Waals surface area contributed by atoms with Gasteiger partial charge in [-0.3, -0.25) is 9.59 Å². The molecule has 0 spiro atoms. The lowest BCUT2D eigenvalue weighted by atomic mass is 10.1. The molecule has 3 aromatic carbocycles. The summed E-state index contributed by atoms with van der Waals surface area (Å²) in [5.41, 5.74) is 5.18. The molecule has 0 radical (unpaired) electrons. The molecule has 0 heterocycles. The molecule has 3 aromatic rings. The lowest BCUT2D eigenvalue weighted by Crippen LogP contribution is -2.32. The SMILES string of the molecule is CCN(CC)c1ccc(C=C(NC(=O)c2ccccc2)C(=O)NN=Cc2cc(I)ccc2O)cc1. The highest BCUT2D eigenvalue weighted by Gasteiger charge is 2.14. The Morgan fingerprint density at radius 2 is 1.69 bits per heavy atom.